The minimum atomic E-state index is -3.98. The molecule has 1 aliphatic carbocycles. The molecule has 1 saturated carbocycles. The Hall–Kier alpha value is -2.24. The number of halogens is 1. The molecule has 0 unspecified atom stereocenters. The molecule has 0 bridgehead atoms. The number of amides is 2. The zero-order valence-corrected chi connectivity index (χ0v) is 16.6. The summed E-state index contributed by atoms with van der Waals surface area (Å²) in [6, 6.07) is 4.04. The third-order valence-electron chi connectivity index (χ3n) is 4.83. The van der Waals surface area contributed by atoms with Gasteiger partial charge in [0.25, 0.3) is 5.91 Å². The first kappa shape index (κ1) is 19.1. The number of aromatic nitrogens is 2. The van der Waals surface area contributed by atoms with Gasteiger partial charge in [0.2, 0.25) is 15.9 Å². The molecule has 0 saturated heterocycles. The number of carbonyl (C=O) groups is 2. The molecule has 148 valence electrons. The maximum absolute atomic E-state index is 13.1. The largest absolute Gasteiger partial charge is 0.274 e. The van der Waals surface area contributed by atoms with Crippen LogP contribution in [0.4, 0.5) is 4.39 Å². The van der Waals surface area contributed by atoms with Crippen LogP contribution < -0.4 is 4.72 Å². The molecule has 0 atom stereocenters. The molecule has 0 spiro atoms. The van der Waals surface area contributed by atoms with Crippen LogP contribution in [0.5, 0.6) is 0 Å². The number of imide groups is 1. The number of carbonyl (C=O) groups excluding carboxylic acids is 2. The van der Waals surface area contributed by atoms with Crippen molar-refractivity contribution in [3.8, 4) is 0 Å². The zero-order chi connectivity index (χ0) is 20.1. The summed E-state index contributed by atoms with van der Waals surface area (Å²) in [5, 5.41) is 9.04. The summed E-state index contributed by atoms with van der Waals surface area (Å²) in [7, 11) is -3.98. The number of nitrogens with zero attached hydrogens (tertiary/aromatic N) is 3. The van der Waals surface area contributed by atoms with Crippen LogP contribution in [0.1, 0.15) is 38.8 Å². The first-order valence-electron chi connectivity index (χ1n) is 8.60. The highest BCUT2D eigenvalue weighted by atomic mass is 32.2. The number of fused-ring (bicyclic) bond motifs is 1. The molecule has 1 fully saturated rings. The lowest BCUT2D eigenvalue weighted by Gasteiger charge is -2.26. The van der Waals surface area contributed by atoms with E-state index in [1.165, 1.54) is 29.5 Å². The average molecular weight is 424 g/mol. The monoisotopic (exact) mass is 424 g/mol. The number of rotatable bonds is 6. The van der Waals surface area contributed by atoms with Crippen molar-refractivity contribution in [2.75, 3.05) is 6.67 Å². The van der Waals surface area contributed by atoms with Gasteiger partial charge < -0.3 is 0 Å². The highest BCUT2D eigenvalue weighted by Gasteiger charge is 2.46. The Morgan fingerprint density at radius 1 is 1.29 bits per heavy atom. The summed E-state index contributed by atoms with van der Waals surface area (Å²) < 4.78 is 40.7. The molecule has 1 aliphatic heterocycles. The molecule has 2 aliphatic rings. The highest BCUT2D eigenvalue weighted by molar-refractivity contribution is 7.89. The van der Waals surface area contributed by atoms with Crippen molar-refractivity contribution in [2.45, 2.75) is 43.2 Å². The van der Waals surface area contributed by atoms with Gasteiger partial charge in [-0.1, -0.05) is 17.4 Å². The van der Waals surface area contributed by atoms with Crippen molar-refractivity contribution in [3.05, 3.63) is 39.3 Å². The summed E-state index contributed by atoms with van der Waals surface area (Å²) in [5.74, 6) is -0.962. The van der Waals surface area contributed by atoms with Crippen LogP contribution in [0.25, 0.3) is 0 Å². The van der Waals surface area contributed by atoms with E-state index in [9.17, 15) is 22.4 Å². The minimum Gasteiger partial charge on any atom is -0.274 e. The Morgan fingerprint density at radius 2 is 2.04 bits per heavy atom. The van der Waals surface area contributed by atoms with Crippen LogP contribution in [0.3, 0.4) is 0 Å². The lowest BCUT2D eigenvalue weighted by molar-refractivity contribution is -0.128. The first-order chi connectivity index (χ1) is 13.2. The quantitative estimate of drug-likeness (QED) is 0.701. The number of hydrogen-bond acceptors (Lipinski definition) is 7. The number of benzene rings is 1. The fourth-order valence-electron chi connectivity index (χ4n) is 3.05. The highest BCUT2D eigenvalue weighted by Crippen LogP contribution is 2.37. The van der Waals surface area contributed by atoms with Crippen molar-refractivity contribution in [1.29, 1.82) is 0 Å². The molecular formula is C17H17FN4O4S2. The summed E-state index contributed by atoms with van der Waals surface area (Å²) in [6.07, 6.45) is 0.868. The van der Waals surface area contributed by atoms with Gasteiger partial charge in [0.05, 0.1) is 23.4 Å². The van der Waals surface area contributed by atoms with Gasteiger partial charge in [-0.15, -0.1) is 10.2 Å². The van der Waals surface area contributed by atoms with Gasteiger partial charge in [-0.25, -0.2) is 17.5 Å². The summed E-state index contributed by atoms with van der Waals surface area (Å²) >= 11 is 1.28. The molecule has 2 aromatic rings. The van der Waals surface area contributed by atoms with E-state index in [0.29, 0.717) is 28.4 Å². The van der Waals surface area contributed by atoms with Gasteiger partial charge in [0.1, 0.15) is 16.7 Å². The SMILES string of the molecule is Cc1nnc(CN2C(=O)Cc3ccc(S(=O)(=O)NC4(CF)CC4)cc3C2=O)s1. The van der Waals surface area contributed by atoms with Crippen molar-refractivity contribution in [3.63, 3.8) is 0 Å². The van der Waals surface area contributed by atoms with Gasteiger partial charge in [-0.05, 0) is 37.5 Å². The molecule has 8 nitrogen and oxygen atoms in total. The van der Waals surface area contributed by atoms with E-state index in [0.717, 1.165) is 4.90 Å². The fraction of sp³-hybridized carbons (Fsp3) is 0.412. The van der Waals surface area contributed by atoms with Crippen molar-refractivity contribution >= 4 is 33.2 Å². The van der Waals surface area contributed by atoms with Gasteiger partial charge in [-0.3, -0.25) is 14.5 Å². The molecular weight excluding hydrogens is 407 g/mol. The van der Waals surface area contributed by atoms with E-state index in [-0.39, 0.29) is 29.3 Å². The van der Waals surface area contributed by atoms with Gasteiger partial charge in [0.15, 0.2) is 0 Å². The lowest BCUT2D eigenvalue weighted by Crippen LogP contribution is -2.42. The molecule has 2 heterocycles. The van der Waals surface area contributed by atoms with Gasteiger partial charge in [-0.2, -0.15) is 0 Å². The standard InChI is InChI=1S/C17H17FN4O4S2/c1-10-19-20-14(27-10)8-22-15(23)6-11-2-3-12(7-13(11)16(22)24)28(25,26)21-17(9-18)4-5-17/h2-3,7,21H,4-6,8-9H2,1H3. The van der Waals surface area contributed by atoms with E-state index < -0.39 is 28.1 Å². The van der Waals surface area contributed by atoms with Crippen molar-refractivity contribution in [1.82, 2.24) is 19.8 Å². The number of alkyl halides is 1. The molecule has 11 heteroatoms. The molecule has 2 amide bonds. The molecule has 1 N–H and O–H groups in total. The van der Waals surface area contributed by atoms with Gasteiger partial charge in [0, 0.05) is 5.56 Å². The van der Waals surface area contributed by atoms with Crippen LogP contribution in [0.2, 0.25) is 0 Å². The Morgan fingerprint density at radius 3 is 2.64 bits per heavy atom. The van der Waals surface area contributed by atoms with E-state index >= 15 is 0 Å². The Labute approximate surface area is 164 Å². The summed E-state index contributed by atoms with van der Waals surface area (Å²) in [4.78, 5) is 26.2. The predicted octanol–water partition coefficient (Wildman–Crippen LogP) is 1.35. The Bertz CT molecular complexity index is 1080. The van der Waals surface area contributed by atoms with E-state index in [2.05, 4.69) is 14.9 Å². The normalized spacial score (nSPS) is 18.3. The Balaban J connectivity index is 1.63. The predicted molar refractivity (Wildman–Crippen MR) is 97.9 cm³/mol. The summed E-state index contributed by atoms with van der Waals surface area (Å²) in [6.45, 7) is 0.979. The van der Waals surface area contributed by atoms with E-state index in [1.54, 1.807) is 6.92 Å². The zero-order valence-electron chi connectivity index (χ0n) is 14.9. The molecule has 0 radical (unpaired) electrons. The molecule has 4 rings (SSSR count). The fourth-order valence-corrected chi connectivity index (χ4v) is 5.21. The molecule has 28 heavy (non-hydrogen) atoms. The summed E-state index contributed by atoms with van der Waals surface area (Å²) in [5.41, 5.74) is -0.421. The van der Waals surface area contributed by atoms with Crippen LogP contribution in [0.15, 0.2) is 23.1 Å². The van der Waals surface area contributed by atoms with Crippen molar-refractivity contribution in [2.24, 2.45) is 0 Å². The molecule has 1 aromatic heterocycles. The maximum atomic E-state index is 13.1. The molecule has 1 aromatic carbocycles. The number of sulfonamides is 1. The smallest absolute Gasteiger partial charge is 0.261 e. The van der Waals surface area contributed by atoms with Crippen LogP contribution in [-0.4, -0.2) is 47.5 Å². The van der Waals surface area contributed by atoms with Gasteiger partial charge >= 0.3 is 0 Å². The third kappa shape index (κ3) is 3.45. The second-order valence-electron chi connectivity index (χ2n) is 7.02. The van der Waals surface area contributed by atoms with Crippen LogP contribution in [0, 0.1) is 6.92 Å². The van der Waals surface area contributed by atoms with Crippen LogP contribution >= 0.6 is 11.3 Å². The second kappa shape index (κ2) is 6.68. The second-order valence-corrected chi connectivity index (χ2v) is 9.96. The number of hydrogen-bond donors (Lipinski definition) is 1. The first-order valence-corrected chi connectivity index (χ1v) is 10.9. The number of aryl methyl sites for hydroxylation is 1. The van der Waals surface area contributed by atoms with E-state index in [1.807, 2.05) is 0 Å². The topological polar surface area (TPSA) is 109 Å². The maximum Gasteiger partial charge on any atom is 0.261 e. The third-order valence-corrected chi connectivity index (χ3v) is 7.23. The van der Waals surface area contributed by atoms with Crippen LogP contribution in [-0.2, 0) is 27.8 Å². The Kier molecular flexibility index (Phi) is 4.55. The number of nitrogens with one attached hydrogen (secondary N) is 1. The van der Waals surface area contributed by atoms with Crippen molar-refractivity contribution < 1.29 is 22.4 Å². The lowest BCUT2D eigenvalue weighted by atomic mass is 9.98. The minimum absolute atomic E-state index is 0.0111. The average Bonchev–Trinajstić information content (AvgIpc) is 3.29. The van der Waals surface area contributed by atoms with E-state index in [4.69, 9.17) is 0 Å².